The minimum absolute atomic E-state index is 0.0112. The lowest BCUT2D eigenvalue weighted by Crippen LogP contribution is -2.43. The second-order valence-corrected chi connectivity index (χ2v) is 15.9. The molecule has 0 unspecified atom stereocenters. The van der Waals surface area contributed by atoms with Gasteiger partial charge in [0.05, 0.1) is 14.5 Å². The van der Waals surface area contributed by atoms with Crippen molar-refractivity contribution in [1.29, 1.82) is 0 Å². The summed E-state index contributed by atoms with van der Waals surface area (Å²) in [6, 6.07) is 19.6. The fourth-order valence-electron chi connectivity index (χ4n) is 7.63. The van der Waals surface area contributed by atoms with Crippen molar-refractivity contribution in [3.63, 3.8) is 0 Å². The number of rotatable bonds is 13. The molecule has 55 heavy (non-hydrogen) atoms. The van der Waals surface area contributed by atoms with E-state index < -0.39 is 35.8 Å². The lowest BCUT2D eigenvalue weighted by molar-refractivity contribution is -0.145. The fraction of sp³-hybridized carbons (Fsp3) is 0.381. The Balaban J connectivity index is 1.16. The summed E-state index contributed by atoms with van der Waals surface area (Å²) in [5.74, 6) is -0.708. The van der Waals surface area contributed by atoms with E-state index in [2.05, 4.69) is 31.9 Å². The molecular formula is C42H43Br2F3N2O6. The van der Waals surface area contributed by atoms with Crippen LogP contribution in [0.1, 0.15) is 71.9 Å². The molecular weight excluding hydrogens is 845 g/mol. The highest BCUT2D eigenvalue weighted by Crippen LogP contribution is 2.42. The van der Waals surface area contributed by atoms with Gasteiger partial charge in [-0.15, -0.1) is 0 Å². The zero-order valence-corrected chi connectivity index (χ0v) is 33.6. The normalized spacial score (nSPS) is 18.2. The first-order valence-electron chi connectivity index (χ1n) is 18.3. The van der Waals surface area contributed by atoms with Crippen molar-refractivity contribution in [2.75, 3.05) is 13.1 Å². The molecule has 0 aromatic heterocycles. The molecule has 2 heterocycles. The van der Waals surface area contributed by atoms with Crippen LogP contribution in [0.2, 0.25) is 0 Å². The maximum Gasteiger partial charge on any atom is 0.417 e. The molecule has 0 aliphatic carbocycles. The highest BCUT2D eigenvalue weighted by atomic mass is 79.9. The third-order valence-corrected chi connectivity index (χ3v) is 11.7. The second kappa shape index (κ2) is 17.9. The van der Waals surface area contributed by atoms with Crippen LogP contribution < -0.4 is 9.47 Å². The molecule has 292 valence electrons. The van der Waals surface area contributed by atoms with Crippen LogP contribution in [0.5, 0.6) is 11.5 Å². The summed E-state index contributed by atoms with van der Waals surface area (Å²) in [6.07, 6.45) is 0.212. The number of carboxylic acid groups (broad SMARTS) is 2. The highest BCUT2D eigenvalue weighted by Gasteiger charge is 2.37. The molecule has 4 aromatic carbocycles. The average molecular weight is 889 g/mol. The van der Waals surface area contributed by atoms with Gasteiger partial charge in [0.15, 0.2) is 0 Å². The number of nitrogens with zero attached hydrogens (tertiary/aromatic N) is 2. The molecule has 4 aromatic rings. The molecule has 2 fully saturated rings. The zero-order chi connectivity index (χ0) is 39.3. The third kappa shape index (κ3) is 9.91. The van der Waals surface area contributed by atoms with Gasteiger partial charge in [-0.1, -0.05) is 61.4 Å². The number of carbonyl (C=O) groups is 2. The maximum atomic E-state index is 14.9. The van der Waals surface area contributed by atoms with Crippen molar-refractivity contribution in [1.82, 2.24) is 9.80 Å². The predicted octanol–water partition coefficient (Wildman–Crippen LogP) is 10.2. The smallest absolute Gasteiger partial charge is 0.417 e. The highest BCUT2D eigenvalue weighted by molar-refractivity contribution is 9.11. The third-order valence-electron chi connectivity index (χ3n) is 10.5. The van der Waals surface area contributed by atoms with E-state index in [0.29, 0.717) is 64.0 Å². The number of hydrogen-bond donors (Lipinski definition) is 2. The molecule has 6 rings (SSSR count). The van der Waals surface area contributed by atoms with Crippen molar-refractivity contribution in [2.45, 2.75) is 90.0 Å². The summed E-state index contributed by atoms with van der Waals surface area (Å²) < 4.78 is 58.0. The Kier molecular flexibility index (Phi) is 13.3. The average Bonchev–Trinajstić information content (AvgIpc) is 3.14. The quantitative estimate of drug-likeness (QED) is 0.137. The van der Waals surface area contributed by atoms with E-state index in [1.165, 1.54) is 12.1 Å². The molecule has 0 amide bonds. The number of alkyl halides is 3. The van der Waals surface area contributed by atoms with E-state index in [9.17, 15) is 33.0 Å². The molecule has 0 bridgehead atoms. The second-order valence-electron chi connectivity index (χ2n) is 14.2. The van der Waals surface area contributed by atoms with Gasteiger partial charge in [-0.3, -0.25) is 19.4 Å². The van der Waals surface area contributed by atoms with Gasteiger partial charge in [0.25, 0.3) is 0 Å². The van der Waals surface area contributed by atoms with Crippen LogP contribution in [0.25, 0.3) is 11.1 Å². The van der Waals surface area contributed by atoms with Crippen LogP contribution in [-0.2, 0) is 42.1 Å². The summed E-state index contributed by atoms with van der Waals surface area (Å²) >= 11 is 7.09. The molecule has 2 aliphatic heterocycles. The minimum Gasteiger partial charge on any atom is -0.488 e. The number of likely N-dealkylation sites (tertiary alicyclic amines) is 2. The van der Waals surface area contributed by atoms with Gasteiger partial charge in [0.1, 0.15) is 36.8 Å². The Bertz CT molecular complexity index is 2030. The summed E-state index contributed by atoms with van der Waals surface area (Å²) in [5.41, 5.74) is 2.89. The Hall–Kier alpha value is -3.91. The first kappa shape index (κ1) is 40.7. The molecule has 13 heteroatoms. The van der Waals surface area contributed by atoms with Crippen molar-refractivity contribution < 1.29 is 42.4 Å². The Labute approximate surface area is 335 Å². The largest absolute Gasteiger partial charge is 0.488 e. The lowest BCUT2D eigenvalue weighted by atomic mass is 9.90. The van der Waals surface area contributed by atoms with Gasteiger partial charge >= 0.3 is 18.1 Å². The monoisotopic (exact) mass is 886 g/mol. The predicted molar refractivity (Wildman–Crippen MR) is 210 cm³/mol. The molecule has 2 aliphatic rings. The number of carboxylic acids is 2. The van der Waals surface area contributed by atoms with Crippen LogP contribution in [0, 0.1) is 6.92 Å². The van der Waals surface area contributed by atoms with E-state index in [4.69, 9.17) is 9.47 Å². The molecule has 2 saturated heterocycles. The topological polar surface area (TPSA) is 99.5 Å². The van der Waals surface area contributed by atoms with Crippen molar-refractivity contribution >= 4 is 43.8 Å². The van der Waals surface area contributed by atoms with Gasteiger partial charge < -0.3 is 19.7 Å². The van der Waals surface area contributed by atoms with E-state index in [1.54, 1.807) is 31.2 Å². The van der Waals surface area contributed by atoms with Gasteiger partial charge in [0, 0.05) is 18.7 Å². The molecule has 8 nitrogen and oxygen atoms in total. The van der Waals surface area contributed by atoms with Crippen LogP contribution in [0.4, 0.5) is 13.2 Å². The van der Waals surface area contributed by atoms with E-state index in [-0.39, 0.29) is 24.3 Å². The van der Waals surface area contributed by atoms with E-state index in [0.717, 1.165) is 48.9 Å². The van der Waals surface area contributed by atoms with Gasteiger partial charge in [-0.25, -0.2) is 0 Å². The summed E-state index contributed by atoms with van der Waals surface area (Å²) in [4.78, 5) is 27.4. The van der Waals surface area contributed by atoms with Crippen LogP contribution in [0.3, 0.4) is 0 Å². The fourth-order valence-corrected chi connectivity index (χ4v) is 8.71. The molecule has 2 N–H and O–H groups in total. The minimum atomic E-state index is -4.67. The number of ether oxygens (including phenoxy) is 2. The van der Waals surface area contributed by atoms with Crippen molar-refractivity contribution in [2.24, 2.45) is 0 Å². The van der Waals surface area contributed by atoms with Crippen LogP contribution in [-0.4, -0.2) is 57.1 Å². The Morgan fingerprint density at radius 1 is 0.709 bits per heavy atom. The SMILES string of the molecule is Cc1c(COc2ccc(CN3CCCC[C@H]3C(=O)O)cc2Br)cccc1-c1cccc(COc2ccc(CN3CCCC[C@H]3C(=O)O)cc2Br)c1C(F)(F)F. The summed E-state index contributed by atoms with van der Waals surface area (Å²) in [5, 5.41) is 19.3. The standard InChI is InChI=1S/C42H43Br2F3N2O6/c1-26-29(24-54-37-16-14-27(20-33(37)43)22-48-18-4-2-12-35(48)40(50)51)8-6-10-31(26)32-11-7-9-30(39(32)42(45,46)47)25-55-38-17-15-28(21-34(38)44)23-49-19-5-3-13-36(49)41(52)53/h6-11,14-17,20-21,35-36H,2-5,12-13,18-19,22-25H2,1H3,(H,50,51)(H,52,53)/t35-,36-/m0/s1. The van der Waals surface area contributed by atoms with Gasteiger partial charge in [-0.05, 0) is 135 Å². The number of piperidine rings is 2. The van der Waals surface area contributed by atoms with Crippen LogP contribution in [0.15, 0.2) is 81.7 Å². The van der Waals surface area contributed by atoms with Gasteiger partial charge in [-0.2, -0.15) is 13.2 Å². The first-order chi connectivity index (χ1) is 26.3. The molecule has 0 spiro atoms. The maximum absolute atomic E-state index is 14.9. The number of halogens is 5. The summed E-state index contributed by atoms with van der Waals surface area (Å²) in [6.45, 7) is 3.93. The Morgan fingerprint density at radius 3 is 1.65 bits per heavy atom. The molecule has 0 radical (unpaired) electrons. The molecule has 2 atom stereocenters. The number of hydrogen-bond acceptors (Lipinski definition) is 6. The van der Waals surface area contributed by atoms with E-state index >= 15 is 0 Å². The van der Waals surface area contributed by atoms with Crippen LogP contribution >= 0.6 is 31.9 Å². The summed E-state index contributed by atoms with van der Waals surface area (Å²) in [7, 11) is 0. The van der Waals surface area contributed by atoms with Crippen molar-refractivity contribution in [3.8, 4) is 22.6 Å². The lowest BCUT2D eigenvalue weighted by Gasteiger charge is -2.32. The zero-order valence-electron chi connectivity index (χ0n) is 30.4. The number of aliphatic carboxylic acids is 2. The molecule has 0 saturated carbocycles. The number of benzene rings is 4. The van der Waals surface area contributed by atoms with E-state index in [1.807, 2.05) is 46.2 Å². The van der Waals surface area contributed by atoms with Crippen molar-refractivity contribution in [3.05, 3.63) is 115 Å². The first-order valence-corrected chi connectivity index (χ1v) is 19.9. The van der Waals surface area contributed by atoms with Gasteiger partial charge in [0.2, 0.25) is 0 Å². The Morgan fingerprint density at radius 2 is 1.18 bits per heavy atom.